The molecule has 0 saturated carbocycles. The zero-order valence-electron chi connectivity index (χ0n) is 10.7. The zero-order valence-corrected chi connectivity index (χ0v) is 10.7. The lowest BCUT2D eigenvalue weighted by Crippen LogP contribution is -2.46. The van der Waals surface area contributed by atoms with Crippen molar-refractivity contribution >= 4 is 5.69 Å². The highest BCUT2D eigenvalue weighted by atomic mass is 19.1. The summed E-state index contributed by atoms with van der Waals surface area (Å²) in [6.45, 7) is 7.01. The Labute approximate surface area is 103 Å². The molecule has 1 aliphatic rings. The fourth-order valence-electron chi connectivity index (χ4n) is 2.59. The largest absolute Gasteiger partial charge is 0.370 e. The summed E-state index contributed by atoms with van der Waals surface area (Å²) in [5.74, 6) is -0.104. The van der Waals surface area contributed by atoms with Gasteiger partial charge in [0.2, 0.25) is 0 Å². The molecule has 0 aromatic heterocycles. The quantitative estimate of drug-likeness (QED) is 0.868. The second-order valence-corrected chi connectivity index (χ2v) is 4.73. The Morgan fingerprint density at radius 3 is 3.06 bits per heavy atom. The molecule has 1 N–H and O–H groups in total. The van der Waals surface area contributed by atoms with Crippen molar-refractivity contribution in [1.82, 2.24) is 5.32 Å². The fraction of sp³-hybridized carbons (Fsp3) is 0.571. The maximum Gasteiger partial charge on any atom is 0.128 e. The van der Waals surface area contributed by atoms with Crippen LogP contribution in [0.25, 0.3) is 0 Å². The molecule has 0 radical (unpaired) electrons. The third-order valence-corrected chi connectivity index (χ3v) is 3.49. The Bertz CT molecular complexity index is 376. The predicted octanol–water partition coefficient (Wildman–Crippen LogP) is 2.71. The van der Waals surface area contributed by atoms with Crippen LogP contribution in [0.2, 0.25) is 0 Å². The van der Waals surface area contributed by atoms with Crippen molar-refractivity contribution in [1.29, 1.82) is 0 Å². The van der Waals surface area contributed by atoms with Gasteiger partial charge >= 0.3 is 0 Å². The van der Waals surface area contributed by atoms with Crippen LogP contribution in [0.15, 0.2) is 18.2 Å². The Kier molecular flexibility index (Phi) is 4.00. The molecule has 0 bridgehead atoms. The maximum atomic E-state index is 13.5. The van der Waals surface area contributed by atoms with Crippen molar-refractivity contribution in [2.24, 2.45) is 0 Å². The number of hydrogen-bond acceptors (Lipinski definition) is 2. The van der Waals surface area contributed by atoms with Gasteiger partial charge in [0, 0.05) is 30.4 Å². The standard InChI is InChI=1S/C14H21FN2/c1-3-16-12-6-5-9-17(10-12)14-8-4-7-13(15)11(14)2/h4,7-8,12,16H,3,5-6,9-10H2,1-2H3. The van der Waals surface area contributed by atoms with Gasteiger partial charge in [-0.3, -0.25) is 0 Å². The van der Waals surface area contributed by atoms with Crippen LogP contribution < -0.4 is 10.2 Å². The van der Waals surface area contributed by atoms with E-state index in [1.54, 1.807) is 6.07 Å². The summed E-state index contributed by atoms with van der Waals surface area (Å²) in [6.07, 6.45) is 2.40. The van der Waals surface area contributed by atoms with Crippen LogP contribution in [0.1, 0.15) is 25.3 Å². The minimum absolute atomic E-state index is 0.104. The zero-order chi connectivity index (χ0) is 12.3. The van der Waals surface area contributed by atoms with Crippen LogP contribution in [0, 0.1) is 12.7 Å². The first kappa shape index (κ1) is 12.4. The molecule has 0 spiro atoms. The van der Waals surface area contributed by atoms with Crippen molar-refractivity contribution in [3.05, 3.63) is 29.6 Å². The lowest BCUT2D eigenvalue weighted by atomic mass is 10.0. The normalized spacial score (nSPS) is 20.6. The van der Waals surface area contributed by atoms with E-state index in [0.717, 1.165) is 30.9 Å². The van der Waals surface area contributed by atoms with Crippen molar-refractivity contribution in [2.75, 3.05) is 24.5 Å². The van der Waals surface area contributed by atoms with Crippen LogP contribution in [0.3, 0.4) is 0 Å². The smallest absolute Gasteiger partial charge is 0.128 e. The number of nitrogens with zero attached hydrogens (tertiary/aromatic N) is 1. The van der Waals surface area contributed by atoms with Gasteiger partial charge in [-0.25, -0.2) is 4.39 Å². The highest BCUT2D eigenvalue weighted by Crippen LogP contribution is 2.25. The first-order valence-corrected chi connectivity index (χ1v) is 6.45. The van der Waals surface area contributed by atoms with Crippen LogP contribution in [-0.2, 0) is 0 Å². The molecule has 2 nitrogen and oxygen atoms in total. The Hall–Kier alpha value is -1.09. The number of benzene rings is 1. The molecule has 3 heteroatoms. The highest BCUT2D eigenvalue weighted by molar-refractivity contribution is 5.54. The van der Waals surface area contributed by atoms with E-state index in [1.807, 2.05) is 13.0 Å². The number of piperidine rings is 1. The van der Waals surface area contributed by atoms with Gasteiger partial charge in [0.05, 0.1) is 0 Å². The molecular formula is C14H21FN2. The maximum absolute atomic E-state index is 13.5. The monoisotopic (exact) mass is 236 g/mol. The lowest BCUT2D eigenvalue weighted by molar-refractivity contribution is 0.430. The van der Waals surface area contributed by atoms with E-state index in [2.05, 4.69) is 17.1 Å². The van der Waals surface area contributed by atoms with Crippen molar-refractivity contribution in [3.8, 4) is 0 Å². The average molecular weight is 236 g/mol. The minimum atomic E-state index is -0.104. The lowest BCUT2D eigenvalue weighted by Gasteiger charge is -2.35. The first-order valence-electron chi connectivity index (χ1n) is 6.45. The second kappa shape index (κ2) is 5.50. The third kappa shape index (κ3) is 2.78. The summed E-state index contributed by atoms with van der Waals surface area (Å²) in [4.78, 5) is 2.30. The summed E-state index contributed by atoms with van der Waals surface area (Å²) in [5.41, 5.74) is 1.82. The number of rotatable bonds is 3. The Balaban J connectivity index is 2.13. The summed E-state index contributed by atoms with van der Waals surface area (Å²) in [6, 6.07) is 5.89. The molecule has 1 saturated heterocycles. The van der Waals surface area contributed by atoms with Crippen LogP contribution >= 0.6 is 0 Å². The van der Waals surface area contributed by atoms with Gasteiger partial charge in [-0.1, -0.05) is 13.0 Å². The highest BCUT2D eigenvalue weighted by Gasteiger charge is 2.20. The van der Waals surface area contributed by atoms with Crippen molar-refractivity contribution < 1.29 is 4.39 Å². The molecule has 1 aromatic rings. The predicted molar refractivity (Wildman–Crippen MR) is 70.0 cm³/mol. The van der Waals surface area contributed by atoms with E-state index in [1.165, 1.54) is 18.9 Å². The van der Waals surface area contributed by atoms with Gasteiger partial charge in [-0.05, 0) is 38.4 Å². The fourth-order valence-corrected chi connectivity index (χ4v) is 2.59. The molecule has 1 aromatic carbocycles. The van der Waals surface area contributed by atoms with Gasteiger partial charge < -0.3 is 10.2 Å². The Morgan fingerprint density at radius 2 is 2.29 bits per heavy atom. The molecule has 1 heterocycles. The first-order chi connectivity index (χ1) is 8.22. The van der Waals surface area contributed by atoms with E-state index in [0.29, 0.717) is 6.04 Å². The molecule has 0 amide bonds. The number of hydrogen-bond donors (Lipinski definition) is 1. The topological polar surface area (TPSA) is 15.3 Å². The molecule has 0 aliphatic carbocycles. The third-order valence-electron chi connectivity index (χ3n) is 3.49. The number of anilines is 1. The van der Waals surface area contributed by atoms with Crippen LogP contribution in [0.4, 0.5) is 10.1 Å². The van der Waals surface area contributed by atoms with Crippen LogP contribution in [-0.4, -0.2) is 25.7 Å². The number of nitrogens with one attached hydrogen (secondary N) is 1. The molecular weight excluding hydrogens is 215 g/mol. The molecule has 1 aliphatic heterocycles. The van der Waals surface area contributed by atoms with Crippen LogP contribution in [0.5, 0.6) is 0 Å². The van der Waals surface area contributed by atoms with Crippen molar-refractivity contribution in [2.45, 2.75) is 32.7 Å². The van der Waals surface area contributed by atoms with Gasteiger partial charge in [0.1, 0.15) is 5.82 Å². The summed E-state index contributed by atoms with van der Waals surface area (Å²) < 4.78 is 13.5. The molecule has 1 unspecified atom stereocenters. The van der Waals surface area contributed by atoms with Gasteiger partial charge in [0.15, 0.2) is 0 Å². The number of likely N-dealkylation sites (N-methyl/N-ethyl adjacent to an activating group) is 1. The molecule has 1 atom stereocenters. The number of halogens is 1. The summed E-state index contributed by atoms with van der Waals surface area (Å²) in [5, 5.41) is 3.48. The van der Waals surface area contributed by atoms with Gasteiger partial charge in [0.25, 0.3) is 0 Å². The van der Waals surface area contributed by atoms with Gasteiger partial charge in [-0.15, -0.1) is 0 Å². The molecule has 94 valence electrons. The second-order valence-electron chi connectivity index (χ2n) is 4.73. The van der Waals surface area contributed by atoms with E-state index >= 15 is 0 Å². The van der Waals surface area contributed by atoms with E-state index in [4.69, 9.17) is 0 Å². The molecule has 1 fully saturated rings. The SMILES string of the molecule is CCNC1CCCN(c2cccc(F)c2C)C1. The Morgan fingerprint density at radius 1 is 1.47 bits per heavy atom. The minimum Gasteiger partial charge on any atom is -0.370 e. The van der Waals surface area contributed by atoms with E-state index in [-0.39, 0.29) is 5.82 Å². The van der Waals surface area contributed by atoms with E-state index in [9.17, 15) is 4.39 Å². The molecule has 2 rings (SSSR count). The summed E-state index contributed by atoms with van der Waals surface area (Å²) in [7, 11) is 0. The van der Waals surface area contributed by atoms with Crippen molar-refractivity contribution in [3.63, 3.8) is 0 Å². The summed E-state index contributed by atoms with van der Waals surface area (Å²) >= 11 is 0. The van der Waals surface area contributed by atoms with E-state index < -0.39 is 0 Å². The van der Waals surface area contributed by atoms with Gasteiger partial charge in [-0.2, -0.15) is 0 Å². The molecule has 17 heavy (non-hydrogen) atoms. The average Bonchev–Trinajstić information content (AvgIpc) is 2.33.